The minimum absolute atomic E-state index is 0.0663. The van der Waals surface area contributed by atoms with Crippen molar-refractivity contribution in [2.45, 2.75) is 59.2 Å². The lowest BCUT2D eigenvalue weighted by molar-refractivity contribution is 0.0297. The first-order valence-electron chi connectivity index (χ1n) is 11.3. The third-order valence-electron chi connectivity index (χ3n) is 6.23. The highest BCUT2D eigenvalue weighted by molar-refractivity contribution is 5.94. The van der Waals surface area contributed by atoms with Crippen LogP contribution in [-0.4, -0.2) is 52.9 Å². The molecule has 0 spiro atoms. The van der Waals surface area contributed by atoms with Crippen LogP contribution in [0.1, 0.15) is 53.1 Å². The number of aryl methyl sites for hydroxylation is 1. The van der Waals surface area contributed by atoms with E-state index in [1.165, 1.54) is 16.8 Å². The molecule has 6 heteroatoms. The first-order chi connectivity index (χ1) is 14.5. The molecule has 1 aliphatic heterocycles. The van der Waals surface area contributed by atoms with Crippen molar-refractivity contribution < 1.29 is 9.53 Å². The normalized spacial score (nSPS) is 19.2. The molecule has 0 bridgehead atoms. The van der Waals surface area contributed by atoms with Gasteiger partial charge in [-0.15, -0.1) is 0 Å². The zero-order chi connectivity index (χ0) is 21.1. The fourth-order valence-electron chi connectivity index (χ4n) is 4.51. The van der Waals surface area contributed by atoms with Crippen molar-refractivity contribution in [3.63, 3.8) is 0 Å². The zero-order valence-electron chi connectivity index (χ0n) is 18.5. The second-order valence-corrected chi connectivity index (χ2v) is 9.00. The monoisotopic (exact) mass is 410 g/mol. The highest BCUT2D eigenvalue weighted by Gasteiger charge is 2.31. The van der Waals surface area contributed by atoms with Crippen molar-refractivity contribution in [1.82, 2.24) is 20.0 Å². The van der Waals surface area contributed by atoms with Gasteiger partial charge in [0.15, 0.2) is 5.69 Å². The maximum Gasteiger partial charge on any atom is 0.274 e. The quantitative estimate of drug-likeness (QED) is 0.795. The largest absolute Gasteiger partial charge is 0.378 e. The number of benzene rings is 1. The predicted molar refractivity (Wildman–Crippen MR) is 118 cm³/mol. The van der Waals surface area contributed by atoms with Crippen LogP contribution in [0, 0.1) is 12.8 Å². The van der Waals surface area contributed by atoms with E-state index in [-0.39, 0.29) is 5.91 Å². The molecule has 1 N–H and O–H groups in total. The Bertz CT molecular complexity index is 883. The molecule has 30 heavy (non-hydrogen) atoms. The smallest absolute Gasteiger partial charge is 0.274 e. The van der Waals surface area contributed by atoms with Gasteiger partial charge in [0.05, 0.1) is 13.2 Å². The molecule has 1 amide bonds. The highest BCUT2D eigenvalue weighted by Crippen LogP contribution is 2.27. The summed E-state index contributed by atoms with van der Waals surface area (Å²) in [5, 5.41) is 8.56. The van der Waals surface area contributed by atoms with Crippen molar-refractivity contribution >= 4 is 5.91 Å². The van der Waals surface area contributed by atoms with Crippen molar-refractivity contribution in [1.29, 1.82) is 0 Å². The molecule has 4 rings (SSSR count). The van der Waals surface area contributed by atoms with E-state index in [1.807, 2.05) is 4.90 Å². The number of amides is 1. The van der Waals surface area contributed by atoms with Crippen LogP contribution in [0.15, 0.2) is 24.3 Å². The van der Waals surface area contributed by atoms with Crippen LogP contribution < -0.4 is 5.32 Å². The van der Waals surface area contributed by atoms with Gasteiger partial charge in [0.25, 0.3) is 5.91 Å². The number of nitrogens with one attached hydrogen (secondary N) is 1. The minimum Gasteiger partial charge on any atom is -0.378 e. The Labute approximate surface area is 179 Å². The molecule has 6 nitrogen and oxygen atoms in total. The summed E-state index contributed by atoms with van der Waals surface area (Å²) in [5.41, 5.74) is 5.72. The minimum atomic E-state index is 0.0663. The van der Waals surface area contributed by atoms with Gasteiger partial charge >= 0.3 is 0 Å². The first kappa shape index (κ1) is 21.1. The maximum absolute atomic E-state index is 13.3. The lowest BCUT2D eigenvalue weighted by Gasteiger charge is -2.28. The molecule has 2 heterocycles. The number of rotatable bonds is 6. The van der Waals surface area contributed by atoms with Crippen LogP contribution in [0.2, 0.25) is 0 Å². The second-order valence-electron chi connectivity index (χ2n) is 9.00. The lowest BCUT2D eigenvalue weighted by atomic mass is 9.90. The molecule has 2 aromatic rings. The molecule has 1 atom stereocenters. The molecule has 1 fully saturated rings. The van der Waals surface area contributed by atoms with E-state index in [1.54, 1.807) is 0 Å². The number of ether oxygens (including phenoxy) is 1. The molecule has 1 aromatic heterocycles. The summed E-state index contributed by atoms with van der Waals surface area (Å²) in [4.78, 5) is 15.2. The number of carbonyl (C=O) groups is 1. The number of carbonyl (C=O) groups excluding carboxylic acids is 1. The van der Waals surface area contributed by atoms with Gasteiger partial charge in [0.1, 0.15) is 0 Å². The summed E-state index contributed by atoms with van der Waals surface area (Å²) in [7, 11) is 0. The van der Waals surface area contributed by atoms with Crippen LogP contribution >= 0.6 is 0 Å². The van der Waals surface area contributed by atoms with Gasteiger partial charge in [0, 0.05) is 43.5 Å². The molecule has 1 aromatic carbocycles. The SMILES string of the molecule is Cc1ccccc1CN[C@@H]1CCc2c(c(C(=O)N3CCOCC3)nn2CC(C)C)C1. The van der Waals surface area contributed by atoms with Crippen molar-refractivity contribution in [2.75, 3.05) is 26.3 Å². The molecule has 0 saturated carbocycles. The Morgan fingerprint density at radius 3 is 2.77 bits per heavy atom. The van der Waals surface area contributed by atoms with Gasteiger partial charge in [-0.25, -0.2) is 0 Å². The van der Waals surface area contributed by atoms with Crippen molar-refractivity contribution in [3.8, 4) is 0 Å². The van der Waals surface area contributed by atoms with E-state index in [2.05, 4.69) is 55.0 Å². The number of fused-ring (bicyclic) bond motifs is 1. The number of hydrogen-bond donors (Lipinski definition) is 1. The van der Waals surface area contributed by atoms with E-state index >= 15 is 0 Å². The van der Waals surface area contributed by atoms with Crippen LogP contribution in [0.5, 0.6) is 0 Å². The Hall–Kier alpha value is -2.18. The molecule has 0 radical (unpaired) electrons. The second kappa shape index (κ2) is 9.31. The van der Waals surface area contributed by atoms with E-state index in [0.717, 1.165) is 37.9 Å². The number of hydrogen-bond acceptors (Lipinski definition) is 4. The van der Waals surface area contributed by atoms with Crippen LogP contribution in [0.25, 0.3) is 0 Å². The standard InChI is InChI=1S/C24H34N4O2/c1-17(2)16-28-22-9-8-20(25-15-19-7-5-4-6-18(19)3)14-21(22)23(26-28)24(29)27-10-12-30-13-11-27/h4-7,17,20,25H,8-16H2,1-3H3/t20-/m1/s1. The maximum atomic E-state index is 13.3. The lowest BCUT2D eigenvalue weighted by Crippen LogP contribution is -2.41. The van der Waals surface area contributed by atoms with E-state index in [0.29, 0.717) is 44.0 Å². The van der Waals surface area contributed by atoms with E-state index in [9.17, 15) is 4.79 Å². The summed E-state index contributed by atoms with van der Waals surface area (Å²) in [6.07, 6.45) is 2.91. The third-order valence-corrected chi connectivity index (χ3v) is 6.23. The van der Waals surface area contributed by atoms with Gasteiger partial charge in [-0.1, -0.05) is 38.1 Å². The van der Waals surface area contributed by atoms with E-state index < -0.39 is 0 Å². The fraction of sp³-hybridized carbons (Fsp3) is 0.583. The average molecular weight is 411 g/mol. The fourth-order valence-corrected chi connectivity index (χ4v) is 4.51. The van der Waals surface area contributed by atoms with Gasteiger partial charge in [-0.3, -0.25) is 9.48 Å². The Morgan fingerprint density at radius 2 is 2.03 bits per heavy atom. The van der Waals surface area contributed by atoms with Crippen LogP contribution in [0.3, 0.4) is 0 Å². The van der Waals surface area contributed by atoms with Crippen LogP contribution in [0.4, 0.5) is 0 Å². The van der Waals surface area contributed by atoms with Gasteiger partial charge in [-0.05, 0) is 43.2 Å². The predicted octanol–water partition coefficient (Wildman–Crippen LogP) is 2.97. The summed E-state index contributed by atoms with van der Waals surface area (Å²) < 4.78 is 7.53. The first-order valence-corrected chi connectivity index (χ1v) is 11.3. The number of morpholine rings is 1. The number of nitrogens with zero attached hydrogens (tertiary/aromatic N) is 3. The molecule has 2 aliphatic rings. The number of aromatic nitrogens is 2. The van der Waals surface area contributed by atoms with Crippen molar-refractivity contribution in [3.05, 3.63) is 52.3 Å². The summed E-state index contributed by atoms with van der Waals surface area (Å²) in [6, 6.07) is 8.89. The summed E-state index contributed by atoms with van der Waals surface area (Å²) in [6.45, 7) is 10.8. The molecule has 162 valence electrons. The highest BCUT2D eigenvalue weighted by atomic mass is 16.5. The van der Waals surface area contributed by atoms with E-state index in [4.69, 9.17) is 9.84 Å². The van der Waals surface area contributed by atoms with Crippen molar-refractivity contribution in [2.24, 2.45) is 5.92 Å². The Balaban J connectivity index is 1.53. The summed E-state index contributed by atoms with van der Waals surface area (Å²) >= 11 is 0. The van der Waals surface area contributed by atoms with Gasteiger partial charge in [-0.2, -0.15) is 5.10 Å². The van der Waals surface area contributed by atoms with Gasteiger partial charge < -0.3 is 15.0 Å². The molecule has 1 aliphatic carbocycles. The van der Waals surface area contributed by atoms with Gasteiger partial charge in [0.2, 0.25) is 0 Å². The molecular formula is C24H34N4O2. The molecular weight excluding hydrogens is 376 g/mol. The zero-order valence-corrected chi connectivity index (χ0v) is 18.5. The molecule has 1 saturated heterocycles. The molecule has 0 unspecified atom stereocenters. The third kappa shape index (κ3) is 4.60. The summed E-state index contributed by atoms with van der Waals surface area (Å²) in [5.74, 6) is 0.564. The Morgan fingerprint density at radius 1 is 1.27 bits per heavy atom. The van der Waals surface area contributed by atoms with Crippen LogP contribution in [-0.2, 0) is 30.7 Å². The topological polar surface area (TPSA) is 59.4 Å². The Kier molecular flexibility index (Phi) is 6.54. The average Bonchev–Trinajstić information content (AvgIpc) is 3.10.